The highest BCUT2D eigenvalue weighted by Gasteiger charge is 2.15. The topological polar surface area (TPSA) is 0 Å². The van der Waals surface area contributed by atoms with Crippen LogP contribution in [0.1, 0.15) is 36.8 Å². The lowest BCUT2D eigenvalue weighted by Crippen LogP contribution is -1.91. The minimum atomic E-state index is 1.06. The molecule has 3 rings (SSSR count). The summed E-state index contributed by atoms with van der Waals surface area (Å²) in [6.45, 7) is 12.2. The smallest absolute Gasteiger partial charge is 0.0438 e. The van der Waals surface area contributed by atoms with E-state index in [1.807, 2.05) is 31.3 Å². The van der Waals surface area contributed by atoms with E-state index in [1.165, 1.54) is 42.5 Å². The average molecular weight is 352 g/mol. The number of hydrogen-bond donors (Lipinski definition) is 0. The molecule has 2 heteroatoms. The summed E-state index contributed by atoms with van der Waals surface area (Å²) in [6, 6.07) is 13.2. The zero-order valence-electron chi connectivity index (χ0n) is 14.9. The van der Waals surface area contributed by atoms with Gasteiger partial charge in [0, 0.05) is 20.5 Å². The van der Waals surface area contributed by atoms with Crippen molar-refractivity contribution >= 4 is 42.0 Å². The second-order valence-corrected chi connectivity index (χ2v) is 7.14. The first-order valence-corrected chi connectivity index (χ1v) is 9.81. The highest BCUT2D eigenvalue weighted by Crippen LogP contribution is 2.41. The van der Waals surface area contributed by atoms with E-state index in [2.05, 4.69) is 71.8 Å². The van der Waals surface area contributed by atoms with Crippen LogP contribution in [0.4, 0.5) is 0 Å². The maximum atomic E-state index is 3.76. The summed E-state index contributed by atoms with van der Waals surface area (Å²) in [5.41, 5.74) is 8.37. The Bertz CT molecular complexity index is 896. The first kappa shape index (κ1) is 18.7. The van der Waals surface area contributed by atoms with E-state index in [4.69, 9.17) is 0 Å². The largest absolute Gasteiger partial charge is 0.134 e. The van der Waals surface area contributed by atoms with E-state index >= 15 is 0 Å². The van der Waals surface area contributed by atoms with Gasteiger partial charge in [0.25, 0.3) is 0 Å². The van der Waals surface area contributed by atoms with Crippen molar-refractivity contribution in [3.63, 3.8) is 0 Å². The SMILES string of the molecule is C=C=Cc1sc2cc(P)ccc2c1-c1cccc(CC)c1C.CC. The van der Waals surface area contributed by atoms with Crippen LogP contribution in [0.25, 0.3) is 27.3 Å². The molecule has 1 heterocycles. The lowest BCUT2D eigenvalue weighted by atomic mass is 9.93. The van der Waals surface area contributed by atoms with Gasteiger partial charge in [-0.1, -0.05) is 57.7 Å². The molecule has 2 aromatic carbocycles. The summed E-state index contributed by atoms with van der Waals surface area (Å²) < 4.78 is 1.31. The molecule has 1 unspecified atom stereocenters. The molecule has 0 aliphatic carbocycles. The second kappa shape index (κ2) is 8.45. The molecule has 0 aliphatic rings. The van der Waals surface area contributed by atoms with Gasteiger partial charge in [-0.15, -0.1) is 26.3 Å². The predicted octanol–water partition coefficient (Wildman–Crippen LogP) is 6.76. The van der Waals surface area contributed by atoms with Gasteiger partial charge in [0.1, 0.15) is 0 Å². The number of rotatable bonds is 3. The first-order chi connectivity index (χ1) is 11.7. The van der Waals surface area contributed by atoms with Crippen LogP contribution in [-0.4, -0.2) is 0 Å². The summed E-state index contributed by atoms with van der Waals surface area (Å²) in [7, 11) is 2.78. The Labute approximate surface area is 152 Å². The van der Waals surface area contributed by atoms with Crippen LogP contribution in [0.5, 0.6) is 0 Å². The van der Waals surface area contributed by atoms with Crippen molar-refractivity contribution in [2.75, 3.05) is 0 Å². The fourth-order valence-electron chi connectivity index (χ4n) is 2.94. The minimum Gasteiger partial charge on any atom is -0.134 e. The third-order valence-electron chi connectivity index (χ3n) is 4.07. The van der Waals surface area contributed by atoms with Crippen molar-refractivity contribution in [1.82, 2.24) is 0 Å². The Morgan fingerprint density at radius 2 is 1.96 bits per heavy atom. The molecule has 1 atom stereocenters. The molecule has 0 N–H and O–H groups in total. The Morgan fingerprint density at radius 3 is 2.62 bits per heavy atom. The zero-order valence-corrected chi connectivity index (χ0v) is 16.9. The number of fused-ring (bicyclic) bond motifs is 1. The van der Waals surface area contributed by atoms with Gasteiger partial charge in [0.05, 0.1) is 0 Å². The van der Waals surface area contributed by atoms with Crippen molar-refractivity contribution in [3.8, 4) is 11.1 Å². The summed E-state index contributed by atoms with van der Waals surface area (Å²) >= 11 is 1.81. The molecule has 0 bridgehead atoms. The molecule has 124 valence electrons. The lowest BCUT2D eigenvalue weighted by molar-refractivity contribution is 1.11. The Kier molecular flexibility index (Phi) is 6.58. The molecule has 0 saturated carbocycles. The van der Waals surface area contributed by atoms with E-state index in [0.717, 1.165) is 6.42 Å². The number of aryl methyl sites for hydroxylation is 1. The predicted molar refractivity (Wildman–Crippen MR) is 116 cm³/mol. The van der Waals surface area contributed by atoms with Gasteiger partial charge < -0.3 is 0 Å². The molecule has 3 aromatic rings. The second-order valence-electron chi connectivity index (χ2n) is 5.39. The average Bonchev–Trinajstić information content (AvgIpc) is 2.94. The summed E-state index contributed by atoms with van der Waals surface area (Å²) in [6.07, 6.45) is 3.06. The molecule has 0 nitrogen and oxygen atoms in total. The number of hydrogen-bond acceptors (Lipinski definition) is 1. The van der Waals surface area contributed by atoms with Gasteiger partial charge in [-0.25, -0.2) is 0 Å². The van der Waals surface area contributed by atoms with Crippen LogP contribution in [0.3, 0.4) is 0 Å². The molecular formula is C22H25PS. The maximum absolute atomic E-state index is 3.76. The molecule has 0 saturated heterocycles. The molecule has 0 aliphatic heterocycles. The Morgan fingerprint density at radius 1 is 1.21 bits per heavy atom. The van der Waals surface area contributed by atoms with Gasteiger partial charge in [0.15, 0.2) is 0 Å². The highest BCUT2D eigenvalue weighted by molar-refractivity contribution is 7.28. The standard InChI is InChI=1S/C20H19PS.C2H6/c1-4-7-18-20(16-9-6-8-14(5-2)13(16)3)17-11-10-15(21)12-19(17)22-18;1-2/h6-12H,1,5,21H2,2-3H3;1-2H3. The van der Waals surface area contributed by atoms with Crippen molar-refractivity contribution < 1.29 is 0 Å². The summed E-state index contributed by atoms with van der Waals surface area (Å²) in [5.74, 6) is 0. The van der Waals surface area contributed by atoms with E-state index < -0.39 is 0 Å². The molecule has 0 fully saturated rings. The Hall–Kier alpha value is -1.65. The van der Waals surface area contributed by atoms with E-state index in [-0.39, 0.29) is 0 Å². The van der Waals surface area contributed by atoms with Crippen molar-refractivity contribution in [1.29, 1.82) is 0 Å². The normalized spacial score (nSPS) is 10.0. The third kappa shape index (κ3) is 3.55. The monoisotopic (exact) mass is 352 g/mol. The quantitative estimate of drug-likeness (QED) is 0.361. The Balaban J connectivity index is 0.00000100. The van der Waals surface area contributed by atoms with E-state index in [1.54, 1.807) is 0 Å². The van der Waals surface area contributed by atoms with E-state index in [9.17, 15) is 0 Å². The maximum Gasteiger partial charge on any atom is 0.0438 e. The molecule has 1 aromatic heterocycles. The summed E-state index contributed by atoms with van der Waals surface area (Å²) in [4.78, 5) is 1.23. The van der Waals surface area contributed by atoms with Gasteiger partial charge in [-0.2, -0.15) is 0 Å². The fourth-order valence-corrected chi connectivity index (χ4v) is 4.50. The van der Waals surface area contributed by atoms with Gasteiger partial charge in [-0.05, 0) is 47.5 Å². The van der Waals surface area contributed by atoms with Gasteiger partial charge in [0.2, 0.25) is 0 Å². The fraction of sp³-hybridized carbons (Fsp3) is 0.227. The van der Waals surface area contributed by atoms with Gasteiger partial charge in [-0.3, -0.25) is 0 Å². The van der Waals surface area contributed by atoms with Crippen LogP contribution in [0.15, 0.2) is 48.7 Å². The van der Waals surface area contributed by atoms with Crippen molar-refractivity contribution in [2.24, 2.45) is 0 Å². The van der Waals surface area contributed by atoms with Crippen LogP contribution in [-0.2, 0) is 6.42 Å². The lowest BCUT2D eigenvalue weighted by Gasteiger charge is -2.11. The molecule has 0 amide bonds. The van der Waals surface area contributed by atoms with Crippen molar-refractivity contribution in [2.45, 2.75) is 34.1 Å². The minimum absolute atomic E-state index is 1.06. The van der Waals surface area contributed by atoms with Crippen LogP contribution in [0.2, 0.25) is 0 Å². The van der Waals surface area contributed by atoms with Crippen LogP contribution >= 0.6 is 20.6 Å². The number of thiophene rings is 1. The van der Waals surface area contributed by atoms with Crippen molar-refractivity contribution in [3.05, 3.63) is 64.7 Å². The van der Waals surface area contributed by atoms with E-state index in [0.29, 0.717) is 0 Å². The summed E-state index contributed by atoms with van der Waals surface area (Å²) in [5, 5.41) is 2.53. The third-order valence-corrected chi connectivity index (χ3v) is 5.53. The van der Waals surface area contributed by atoms with Gasteiger partial charge >= 0.3 is 0 Å². The van der Waals surface area contributed by atoms with Crippen LogP contribution in [0, 0.1) is 6.92 Å². The molecule has 0 radical (unpaired) electrons. The molecular weight excluding hydrogens is 327 g/mol. The van der Waals surface area contributed by atoms with Crippen LogP contribution < -0.4 is 5.30 Å². The highest BCUT2D eigenvalue weighted by atomic mass is 32.1. The number of benzene rings is 2. The molecule has 24 heavy (non-hydrogen) atoms. The molecule has 0 spiro atoms. The first-order valence-electron chi connectivity index (χ1n) is 8.42. The zero-order chi connectivity index (χ0) is 17.7.